The highest BCUT2D eigenvalue weighted by Gasteiger charge is 2.21. The van der Waals surface area contributed by atoms with E-state index in [9.17, 15) is 14.7 Å². The van der Waals surface area contributed by atoms with Gasteiger partial charge in [-0.3, -0.25) is 14.3 Å². The van der Waals surface area contributed by atoms with Crippen LogP contribution in [0.3, 0.4) is 0 Å². The van der Waals surface area contributed by atoms with Crippen LogP contribution in [-0.4, -0.2) is 31.7 Å². The van der Waals surface area contributed by atoms with Crippen LogP contribution in [-0.2, 0) is 17.3 Å². The SMILES string of the molecule is Cc1nn(C)c2ncc(C(=O)NC(CC(=O)O)c3ccc(C(C)(C)C)cc3)cc12. The van der Waals surface area contributed by atoms with Gasteiger partial charge in [0, 0.05) is 18.6 Å². The second-order valence-corrected chi connectivity index (χ2v) is 8.30. The third-order valence-corrected chi connectivity index (χ3v) is 4.99. The molecule has 1 atom stereocenters. The quantitative estimate of drug-likeness (QED) is 0.690. The average Bonchev–Trinajstić information content (AvgIpc) is 2.93. The van der Waals surface area contributed by atoms with Gasteiger partial charge in [0.1, 0.15) is 0 Å². The minimum Gasteiger partial charge on any atom is -0.481 e. The van der Waals surface area contributed by atoms with Crippen LogP contribution in [0.1, 0.15) is 60.4 Å². The molecule has 2 heterocycles. The van der Waals surface area contributed by atoms with Crippen LogP contribution in [0, 0.1) is 6.92 Å². The maximum atomic E-state index is 12.8. The zero-order valence-corrected chi connectivity index (χ0v) is 17.4. The second kappa shape index (κ2) is 7.66. The maximum Gasteiger partial charge on any atom is 0.305 e. The predicted octanol–water partition coefficient (Wildman–Crippen LogP) is 3.52. The number of nitrogens with one attached hydrogen (secondary N) is 1. The van der Waals surface area contributed by atoms with Gasteiger partial charge in [-0.05, 0) is 29.5 Å². The Hall–Kier alpha value is -3.22. The van der Waals surface area contributed by atoms with Crippen molar-refractivity contribution in [2.24, 2.45) is 7.05 Å². The highest BCUT2D eigenvalue weighted by atomic mass is 16.4. The summed E-state index contributed by atoms with van der Waals surface area (Å²) in [4.78, 5) is 28.5. The summed E-state index contributed by atoms with van der Waals surface area (Å²) in [6, 6.07) is 8.80. The number of carbonyl (C=O) groups is 2. The van der Waals surface area contributed by atoms with Gasteiger partial charge in [0.05, 0.1) is 23.7 Å². The van der Waals surface area contributed by atoms with Crippen molar-refractivity contribution in [3.63, 3.8) is 0 Å². The Balaban J connectivity index is 1.87. The number of pyridine rings is 1. The van der Waals surface area contributed by atoms with Gasteiger partial charge in [-0.25, -0.2) is 4.98 Å². The van der Waals surface area contributed by atoms with Crippen molar-refractivity contribution in [3.05, 3.63) is 58.9 Å². The molecule has 3 rings (SSSR count). The Morgan fingerprint density at radius 1 is 1.21 bits per heavy atom. The molecule has 0 bridgehead atoms. The molecule has 1 aromatic carbocycles. The van der Waals surface area contributed by atoms with Crippen molar-refractivity contribution in [3.8, 4) is 0 Å². The number of aryl methyl sites for hydroxylation is 2. The normalized spacial score (nSPS) is 12.7. The number of carboxylic acid groups (broad SMARTS) is 1. The van der Waals surface area contributed by atoms with E-state index < -0.39 is 12.0 Å². The molecular formula is C22H26N4O3. The Bertz CT molecular complexity index is 1060. The van der Waals surface area contributed by atoms with Gasteiger partial charge in [-0.1, -0.05) is 45.0 Å². The molecule has 7 heteroatoms. The van der Waals surface area contributed by atoms with Crippen LogP contribution in [0.5, 0.6) is 0 Å². The first-order valence-corrected chi connectivity index (χ1v) is 9.48. The summed E-state index contributed by atoms with van der Waals surface area (Å²) in [6.45, 7) is 8.20. The first-order chi connectivity index (χ1) is 13.6. The van der Waals surface area contributed by atoms with Gasteiger partial charge < -0.3 is 10.4 Å². The zero-order valence-electron chi connectivity index (χ0n) is 17.4. The molecule has 0 spiro atoms. The highest BCUT2D eigenvalue weighted by Crippen LogP contribution is 2.25. The van der Waals surface area contributed by atoms with E-state index in [4.69, 9.17) is 0 Å². The minimum absolute atomic E-state index is 0.00721. The monoisotopic (exact) mass is 394 g/mol. The van der Waals surface area contributed by atoms with E-state index in [-0.39, 0.29) is 17.7 Å². The summed E-state index contributed by atoms with van der Waals surface area (Å²) in [7, 11) is 1.80. The van der Waals surface area contributed by atoms with Crippen LogP contribution >= 0.6 is 0 Å². The topological polar surface area (TPSA) is 97.1 Å². The molecular weight excluding hydrogens is 368 g/mol. The second-order valence-electron chi connectivity index (χ2n) is 8.30. The number of benzene rings is 1. The summed E-state index contributed by atoms with van der Waals surface area (Å²) in [5.41, 5.74) is 3.73. The smallest absolute Gasteiger partial charge is 0.305 e. The molecule has 0 fully saturated rings. The van der Waals surface area contributed by atoms with Crippen molar-refractivity contribution in [1.29, 1.82) is 0 Å². The number of aliphatic carboxylic acids is 1. The Kier molecular flexibility index (Phi) is 5.42. The summed E-state index contributed by atoms with van der Waals surface area (Å²) in [5, 5.41) is 17.3. The number of amides is 1. The van der Waals surface area contributed by atoms with E-state index in [2.05, 4.69) is 36.2 Å². The van der Waals surface area contributed by atoms with E-state index in [1.807, 2.05) is 31.2 Å². The summed E-state index contributed by atoms with van der Waals surface area (Å²) < 4.78 is 1.66. The van der Waals surface area contributed by atoms with Crippen molar-refractivity contribution in [1.82, 2.24) is 20.1 Å². The van der Waals surface area contributed by atoms with Crippen molar-refractivity contribution in [2.75, 3.05) is 0 Å². The first-order valence-electron chi connectivity index (χ1n) is 9.48. The Labute approximate surface area is 169 Å². The molecule has 0 radical (unpaired) electrons. The molecule has 0 aliphatic heterocycles. The Morgan fingerprint density at radius 3 is 2.45 bits per heavy atom. The predicted molar refractivity (Wildman–Crippen MR) is 111 cm³/mol. The molecule has 7 nitrogen and oxygen atoms in total. The highest BCUT2D eigenvalue weighted by molar-refractivity contribution is 5.97. The number of hydrogen-bond acceptors (Lipinski definition) is 4. The number of carboxylic acids is 1. The zero-order chi connectivity index (χ0) is 21.3. The van der Waals surface area contributed by atoms with Crippen molar-refractivity contribution < 1.29 is 14.7 Å². The summed E-state index contributed by atoms with van der Waals surface area (Å²) in [6.07, 6.45) is 1.28. The summed E-state index contributed by atoms with van der Waals surface area (Å²) in [5.74, 6) is -1.35. The van der Waals surface area contributed by atoms with Crippen LogP contribution in [0.4, 0.5) is 0 Å². The lowest BCUT2D eigenvalue weighted by atomic mass is 9.86. The molecule has 1 amide bonds. The van der Waals surface area contributed by atoms with Crippen molar-refractivity contribution in [2.45, 2.75) is 45.6 Å². The fraction of sp³-hybridized carbons (Fsp3) is 0.364. The molecule has 2 aromatic heterocycles. The minimum atomic E-state index is -0.980. The third-order valence-electron chi connectivity index (χ3n) is 4.99. The molecule has 152 valence electrons. The lowest BCUT2D eigenvalue weighted by Crippen LogP contribution is -2.30. The van der Waals surface area contributed by atoms with E-state index in [0.717, 1.165) is 22.2 Å². The standard InChI is InChI=1S/C22H26N4O3/c1-13-17-10-15(12-23-20(17)26(5)25-13)21(29)24-18(11-19(27)28)14-6-8-16(9-7-14)22(2,3)4/h6-10,12,18H,11H2,1-5H3,(H,24,29)(H,27,28). The fourth-order valence-corrected chi connectivity index (χ4v) is 3.32. The number of rotatable bonds is 5. The van der Waals surface area contributed by atoms with E-state index in [1.54, 1.807) is 17.8 Å². The number of hydrogen-bond donors (Lipinski definition) is 2. The average molecular weight is 394 g/mol. The third kappa shape index (κ3) is 4.45. The number of nitrogens with zero attached hydrogens (tertiary/aromatic N) is 3. The number of fused-ring (bicyclic) bond motifs is 1. The maximum absolute atomic E-state index is 12.8. The van der Waals surface area contributed by atoms with E-state index in [1.165, 1.54) is 6.20 Å². The van der Waals surface area contributed by atoms with Crippen molar-refractivity contribution >= 4 is 22.9 Å². The van der Waals surface area contributed by atoms with Crippen LogP contribution < -0.4 is 5.32 Å². The first kappa shape index (κ1) is 20.5. The fourth-order valence-electron chi connectivity index (χ4n) is 3.32. The lowest BCUT2D eigenvalue weighted by Gasteiger charge is -2.22. The molecule has 0 saturated heterocycles. The van der Waals surface area contributed by atoms with Gasteiger partial charge in [0.15, 0.2) is 5.65 Å². The Morgan fingerprint density at radius 2 is 1.86 bits per heavy atom. The molecule has 0 aliphatic rings. The lowest BCUT2D eigenvalue weighted by molar-refractivity contribution is -0.137. The van der Waals surface area contributed by atoms with E-state index in [0.29, 0.717) is 11.2 Å². The molecule has 0 aliphatic carbocycles. The number of carbonyl (C=O) groups excluding carboxylic acids is 1. The van der Waals surface area contributed by atoms with Crippen LogP contribution in [0.2, 0.25) is 0 Å². The molecule has 1 unspecified atom stereocenters. The molecule has 3 aromatic rings. The largest absolute Gasteiger partial charge is 0.481 e. The summed E-state index contributed by atoms with van der Waals surface area (Å²) >= 11 is 0. The van der Waals surface area contributed by atoms with Gasteiger partial charge >= 0.3 is 5.97 Å². The van der Waals surface area contributed by atoms with Gasteiger partial charge in [0.2, 0.25) is 0 Å². The number of aromatic nitrogens is 3. The van der Waals surface area contributed by atoms with Gasteiger partial charge in [-0.15, -0.1) is 0 Å². The molecule has 0 saturated carbocycles. The van der Waals surface area contributed by atoms with Gasteiger partial charge in [-0.2, -0.15) is 5.10 Å². The van der Waals surface area contributed by atoms with Crippen LogP contribution in [0.15, 0.2) is 36.5 Å². The molecule has 29 heavy (non-hydrogen) atoms. The molecule has 2 N–H and O–H groups in total. The van der Waals surface area contributed by atoms with E-state index >= 15 is 0 Å². The van der Waals surface area contributed by atoms with Gasteiger partial charge in [0.25, 0.3) is 5.91 Å². The van der Waals surface area contributed by atoms with Crippen LogP contribution in [0.25, 0.3) is 11.0 Å².